The van der Waals surface area contributed by atoms with Crippen LogP contribution in [0.5, 0.6) is 0 Å². The number of nitrogens with one attached hydrogen (secondary N) is 1. The fraction of sp³-hybridized carbons (Fsp3) is 0.188. The maximum Gasteiger partial charge on any atom is 0.241 e. The van der Waals surface area contributed by atoms with Gasteiger partial charge in [-0.05, 0) is 24.6 Å². The molecule has 2 atom stereocenters. The van der Waals surface area contributed by atoms with Crippen molar-refractivity contribution < 1.29 is 13.6 Å². The van der Waals surface area contributed by atoms with E-state index in [-0.39, 0.29) is 5.56 Å². The molecule has 2 aromatic carbocycles. The van der Waals surface area contributed by atoms with Crippen LogP contribution in [0.15, 0.2) is 48.5 Å². The monoisotopic (exact) mass is 290 g/mol. The molecule has 0 fully saturated rings. The Morgan fingerprint density at radius 2 is 1.62 bits per heavy atom. The van der Waals surface area contributed by atoms with Gasteiger partial charge in [0, 0.05) is 5.56 Å². The Balaban J connectivity index is 2.12. The highest BCUT2D eigenvalue weighted by Gasteiger charge is 2.21. The number of halogens is 2. The van der Waals surface area contributed by atoms with E-state index in [1.54, 1.807) is 24.3 Å². The molecular weight excluding hydrogens is 274 g/mol. The van der Waals surface area contributed by atoms with Gasteiger partial charge in [0.05, 0.1) is 6.04 Å². The predicted octanol–water partition coefficient (Wildman–Crippen LogP) is 2.84. The van der Waals surface area contributed by atoms with Crippen molar-refractivity contribution in [2.45, 2.75) is 19.0 Å². The molecule has 0 aromatic heterocycles. The van der Waals surface area contributed by atoms with Gasteiger partial charge in [-0.1, -0.05) is 36.4 Å². The van der Waals surface area contributed by atoms with E-state index in [4.69, 9.17) is 5.73 Å². The molecule has 5 heteroatoms. The molecule has 0 heterocycles. The van der Waals surface area contributed by atoms with Crippen molar-refractivity contribution in [3.05, 3.63) is 71.3 Å². The Hall–Kier alpha value is -2.27. The molecule has 0 aliphatic heterocycles. The van der Waals surface area contributed by atoms with E-state index in [2.05, 4.69) is 5.32 Å². The van der Waals surface area contributed by atoms with E-state index in [1.165, 1.54) is 13.0 Å². The highest BCUT2D eigenvalue weighted by Crippen LogP contribution is 2.21. The van der Waals surface area contributed by atoms with Crippen LogP contribution in [0.1, 0.15) is 30.1 Å². The molecule has 3 N–H and O–H groups in total. The Morgan fingerprint density at radius 3 is 2.19 bits per heavy atom. The summed E-state index contributed by atoms with van der Waals surface area (Å²) in [6.45, 7) is 1.51. The van der Waals surface area contributed by atoms with E-state index in [9.17, 15) is 13.6 Å². The molecule has 2 rings (SSSR count). The maximum atomic E-state index is 13.7. The molecule has 1 unspecified atom stereocenters. The second-order valence-electron chi connectivity index (χ2n) is 4.75. The lowest BCUT2D eigenvalue weighted by molar-refractivity contribution is -0.123. The normalized spacial score (nSPS) is 13.5. The second-order valence-corrected chi connectivity index (χ2v) is 4.75. The number of carbonyl (C=O) groups excluding carboxylic acids is 1. The van der Waals surface area contributed by atoms with Crippen LogP contribution in [0.2, 0.25) is 0 Å². The van der Waals surface area contributed by atoms with Gasteiger partial charge in [0.15, 0.2) is 0 Å². The van der Waals surface area contributed by atoms with Crippen molar-refractivity contribution in [2.24, 2.45) is 5.73 Å². The summed E-state index contributed by atoms with van der Waals surface area (Å²) in [7, 11) is 0. The standard InChI is InChI=1S/C16H16F2N2O/c1-10(14-12(17)8-5-9-13(14)18)20-16(21)15(19)11-6-3-2-4-7-11/h2-10,15H,19H2,1H3,(H,20,21)/t10?,15-/m0/s1. The zero-order valence-electron chi connectivity index (χ0n) is 11.5. The summed E-state index contributed by atoms with van der Waals surface area (Å²) < 4.78 is 27.3. The van der Waals surface area contributed by atoms with Crippen LogP contribution >= 0.6 is 0 Å². The van der Waals surface area contributed by atoms with Crippen LogP contribution in [0, 0.1) is 11.6 Å². The molecule has 0 aliphatic carbocycles. The van der Waals surface area contributed by atoms with Crippen molar-refractivity contribution in [1.82, 2.24) is 5.32 Å². The van der Waals surface area contributed by atoms with E-state index < -0.39 is 29.6 Å². The summed E-state index contributed by atoms with van der Waals surface area (Å²) >= 11 is 0. The van der Waals surface area contributed by atoms with Gasteiger partial charge in [0.25, 0.3) is 0 Å². The summed E-state index contributed by atoms with van der Waals surface area (Å²) in [6.07, 6.45) is 0. The van der Waals surface area contributed by atoms with Gasteiger partial charge in [-0.3, -0.25) is 4.79 Å². The molecule has 3 nitrogen and oxygen atoms in total. The number of hydrogen-bond acceptors (Lipinski definition) is 2. The number of amides is 1. The SMILES string of the molecule is CC(NC(=O)[C@@H](N)c1ccccc1)c1c(F)cccc1F. The molecular formula is C16H16F2N2O. The first-order chi connectivity index (χ1) is 10.0. The maximum absolute atomic E-state index is 13.7. The lowest BCUT2D eigenvalue weighted by Gasteiger charge is -2.19. The molecule has 0 spiro atoms. The summed E-state index contributed by atoms with van der Waals surface area (Å²) in [4.78, 5) is 12.1. The fourth-order valence-corrected chi connectivity index (χ4v) is 2.11. The highest BCUT2D eigenvalue weighted by molar-refractivity contribution is 5.83. The molecule has 110 valence electrons. The zero-order valence-corrected chi connectivity index (χ0v) is 11.5. The van der Waals surface area contributed by atoms with E-state index in [1.807, 2.05) is 6.07 Å². The third kappa shape index (κ3) is 3.44. The molecule has 0 saturated carbocycles. The number of rotatable bonds is 4. The van der Waals surface area contributed by atoms with Gasteiger partial charge in [0.1, 0.15) is 17.7 Å². The number of hydrogen-bond donors (Lipinski definition) is 2. The van der Waals surface area contributed by atoms with Crippen molar-refractivity contribution in [2.75, 3.05) is 0 Å². The average molecular weight is 290 g/mol. The minimum atomic E-state index is -0.886. The first kappa shape index (κ1) is 15.1. The van der Waals surface area contributed by atoms with Crippen LogP contribution in [-0.2, 0) is 4.79 Å². The minimum absolute atomic E-state index is 0.175. The van der Waals surface area contributed by atoms with E-state index >= 15 is 0 Å². The predicted molar refractivity (Wildman–Crippen MR) is 76.3 cm³/mol. The summed E-state index contributed by atoms with van der Waals surface area (Å²) in [5, 5.41) is 2.53. The van der Waals surface area contributed by atoms with E-state index in [0.717, 1.165) is 12.1 Å². The highest BCUT2D eigenvalue weighted by atomic mass is 19.1. The topological polar surface area (TPSA) is 55.1 Å². The molecule has 0 saturated heterocycles. The summed E-state index contributed by atoms with van der Waals surface area (Å²) in [5.74, 6) is -1.89. The van der Waals surface area contributed by atoms with Gasteiger partial charge in [0.2, 0.25) is 5.91 Å². The zero-order chi connectivity index (χ0) is 15.4. The second kappa shape index (κ2) is 6.45. The Labute approximate surface area is 121 Å². The van der Waals surface area contributed by atoms with Crippen LogP contribution in [0.4, 0.5) is 8.78 Å². The van der Waals surface area contributed by atoms with Crippen molar-refractivity contribution in [1.29, 1.82) is 0 Å². The van der Waals surface area contributed by atoms with Gasteiger partial charge >= 0.3 is 0 Å². The van der Waals surface area contributed by atoms with Gasteiger partial charge < -0.3 is 11.1 Å². The third-order valence-electron chi connectivity index (χ3n) is 3.23. The van der Waals surface area contributed by atoms with Gasteiger partial charge in [-0.25, -0.2) is 8.78 Å². The fourth-order valence-electron chi connectivity index (χ4n) is 2.11. The smallest absolute Gasteiger partial charge is 0.241 e. The van der Waals surface area contributed by atoms with Crippen molar-refractivity contribution in [3.8, 4) is 0 Å². The number of nitrogens with two attached hydrogens (primary N) is 1. The lowest BCUT2D eigenvalue weighted by atomic mass is 10.0. The molecule has 0 bridgehead atoms. The molecule has 0 aliphatic rings. The number of benzene rings is 2. The Morgan fingerprint density at radius 1 is 1.05 bits per heavy atom. The lowest BCUT2D eigenvalue weighted by Crippen LogP contribution is -2.36. The quantitative estimate of drug-likeness (QED) is 0.909. The largest absolute Gasteiger partial charge is 0.348 e. The molecule has 1 amide bonds. The summed E-state index contributed by atoms with van der Waals surface area (Å²) in [5.41, 5.74) is 6.30. The first-order valence-corrected chi connectivity index (χ1v) is 6.55. The first-order valence-electron chi connectivity index (χ1n) is 6.55. The average Bonchev–Trinajstić information content (AvgIpc) is 2.47. The summed E-state index contributed by atoms with van der Waals surface area (Å²) in [6, 6.07) is 10.7. The van der Waals surface area contributed by atoms with Crippen molar-refractivity contribution >= 4 is 5.91 Å². The van der Waals surface area contributed by atoms with Crippen LogP contribution in [-0.4, -0.2) is 5.91 Å². The third-order valence-corrected chi connectivity index (χ3v) is 3.23. The van der Waals surface area contributed by atoms with Gasteiger partial charge in [-0.15, -0.1) is 0 Å². The van der Waals surface area contributed by atoms with Crippen LogP contribution < -0.4 is 11.1 Å². The Kier molecular flexibility index (Phi) is 4.65. The molecule has 21 heavy (non-hydrogen) atoms. The van der Waals surface area contributed by atoms with Crippen LogP contribution in [0.3, 0.4) is 0 Å². The van der Waals surface area contributed by atoms with Crippen LogP contribution in [0.25, 0.3) is 0 Å². The minimum Gasteiger partial charge on any atom is -0.348 e. The number of carbonyl (C=O) groups is 1. The molecule has 2 aromatic rings. The van der Waals surface area contributed by atoms with Crippen molar-refractivity contribution in [3.63, 3.8) is 0 Å². The Bertz CT molecular complexity index is 611. The van der Waals surface area contributed by atoms with E-state index in [0.29, 0.717) is 5.56 Å². The van der Waals surface area contributed by atoms with Gasteiger partial charge in [-0.2, -0.15) is 0 Å². The molecule has 0 radical (unpaired) electrons.